The molecule has 3 aromatic carbocycles. The minimum absolute atomic E-state index is 0.00953. The molecule has 12 heteroatoms. The molecule has 0 radical (unpaired) electrons. The van der Waals surface area contributed by atoms with Crippen LogP contribution in [0.4, 0.5) is 5.69 Å². The molecule has 0 bridgehead atoms. The van der Waals surface area contributed by atoms with Crippen molar-refractivity contribution in [3.63, 3.8) is 0 Å². The van der Waals surface area contributed by atoms with E-state index in [1.165, 1.54) is 37.8 Å². The van der Waals surface area contributed by atoms with Crippen LogP contribution in [-0.2, 0) is 16.0 Å². The van der Waals surface area contributed by atoms with Crippen LogP contribution in [0.25, 0.3) is 0 Å². The normalized spacial score (nSPS) is 10.6. The van der Waals surface area contributed by atoms with Crippen molar-refractivity contribution in [2.24, 2.45) is 0 Å². The molecule has 0 unspecified atom stereocenters. The SMILES string of the molecule is CCCCCCCCOc1ccc(C(=O)Oc2cc(C(=O)OCC)c(OC(=O)c3ccc(OCC[n+]4ccc(N(C)C)cc4)cc3)cc2C(=O)OCC)cc1. The maximum atomic E-state index is 13.3. The molecule has 0 saturated carbocycles. The summed E-state index contributed by atoms with van der Waals surface area (Å²) in [7, 11) is 3.96. The van der Waals surface area contributed by atoms with Crippen molar-refractivity contribution in [3.05, 3.63) is 107 Å². The van der Waals surface area contributed by atoms with Crippen molar-refractivity contribution in [2.45, 2.75) is 65.8 Å². The van der Waals surface area contributed by atoms with Gasteiger partial charge >= 0.3 is 23.9 Å². The van der Waals surface area contributed by atoms with Gasteiger partial charge in [0, 0.05) is 44.0 Å². The van der Waals surface area contributed by atoms with Gasteiger partial charge in [-0.1, -0.05) is 39.0 Å². The number of aromatic nitrogens is 1. The first-order chi connectivity index (χ1) is 26.6. The number of esters is 4. The monoisotopic (exact) mass is 755 g/mol. The standard InChI is InChI=1S/C43H51N2O10/c1-6-9-10-11-12-13-27-52-34-18-14-31(15-19-34)40(46)54-38-29-37(43(49)51-8-3)39(30-36(38)42(48)50-7-2)55-41(47)32-16-20-35(21-17-32)53-28-26-45-24-22-33(23-25-45)44(4)5/h14-25,29-30H,6-13,26-28H2,1-5H3/q+1. The smallest absolute Gasteiger partial charge is 0.343 e. The van der Waals surface area contributed by atoms with Gasteiger partial charge in [-0.3, -0.25) is 0 Å². The molecular weight excluding hydrogens is 704 g/mol. The average Bonchev–Trinajstić information content (AvgIpc) is 3.18. The molecule has 55 heavy (non-hydrogen) atoms. The number of hydrogen-bond acceptors (Lipinski definition) is 11. The predicted octanol–water partition coefficient (Wildman–Crippen LogP) is 7.65. The molecule has 0 amide bonds. The molecule has 0 fully saturated rings. The molecule has 4 aromatic rings. The highest BCUT2D eigenvalue weighted by molar-refractivity contribution is 6.02. The molecule has 0 N–H and O–H groups in total. The average molecular weight is 756 g/mol. The van der Waals surface area contributed by atoms with Crippen LogP contribution < -0.4 is 28.4 Å². The van der Waals surface area contributed by atoms with Gasteiger partial charge in [-0.2, -0.15) is 0 Å². The topological polar surface area (TPSA) is 131 Å². The second kappa shape index (κ2) is 21.7. The first kappa shape index (κ1) is 41.8. The van der Waals surface area contributed by atoms with Gasteiger partial charge in [0.05, 0.1) is 30.9 Å². The fourth-order valence-corrected chi connectivity index (χ4v) is 5.40. The van der Waals surface area contributed by atoms with Crippen LogP contribution in [0.15, 0.2) is 85.2 Å². The summed E-state index contributed by atoms with van der Waals surface area (Å²) in [5, 5.41) is 0. The van der Waals surface area contributed by atoms with E-state index in [1.807, 2.05) is 48.1 Å². The van der Waals surface area contributed by atoms with E-state index < -0.39 is 23.9 Å². The van der Waals surface area contributed by atoms with E-state index in [-0.39, 0.29) is 47.0 Å². The Hall–Kier alpha value is -5.91. The first-order valence-corrected chi connectivity index (χ1v) is 18.7. The summed E-state index contributed by atoms with van der Waals surface area (Å²) in [6.45, 7) is 7.01. The van der Waals surface area contributed by atoms with Gasteiger partial charge < -0.3 is 33.3 Å². The molecule has 292 valence electrons. The number of nitrogens with zero attached hydrogens (tertiary/aromatic N) is 2. The molecule has 0 aliphatic carbocycles. The van der Waals surface area contributed by atoms with Crippen molar-refractivity contribution < 1.29 is 52.2 Å². The maximum absolute atomic E-state index is 13.3. The number of pyridine rings is 1. The van der Waals surface area contributed by atoms with Crippen molar-refractivity contribution >= 4 is 29.6 Å². The van der Waals surface area contributed by atoms with Crippen molar-refractivity contribution in [2.75, 3.05) is 45.4 Å². The number of unbranched alkanes of at least 4 members (excludes halogenated alkanes) is 5. The third kappa shape index (κ3) is 12.9. The Morgan fingerprint density at radius 2 is 1.02 bits per heavy atom. The summed E-state index contributed by atoms with van der Waals surface area (Å²) in [5.41, 5.74) is 0.957. The molecule has 0 aliphatic heterocycles. The zero-order valence-electron chi connectivity index (χ0n) is 32.3. The highest BCUT2D eigenvalue weighted by Crippen LogP contribution is 2.32. The Balaban J connectivity index is 1.46. The Morgan fingerprint density at radius 1 is 0.564 bits per heavy atom. The van der Waals surface area contributed by atoms with Crippen molar-refractivity contribution in [1.82, 2.24) is 0 Å². The van der Waals surface area contributed by atoms with Gasteiger partial charge in [0.15, 0.2) is 18.9 Å². The molecule has 0 spiro atoms. The van der Waals surface area contributed by atoms with Gasteiger partial charge in [0.2, 0.25) is 0 Å². The largest absolute Gasteiger partial charge is 0.494 e. The number of carbonyl (C=O) groups is 4. The lowest BCUT2D eigenvalue weighted by Gasteiger charge is -2.15. The third-order valence-corrected chi connectivity index (χ3v) is 8.43. The van der Waals surface area contributed by atoms with Crippen molar-refractivity contribution in [3.8, 4) is 23.0 Å². The van der Waals surface area contributed by atoms with Crippen LogP contribution in [0.1, 0.15) is 101 Å². The van der Waals surface area contributed by atoms with Crippen LogP contribution >= 0.6 is 0 Å². The lowest BCUT2D eigenvalue weighted by molar-refractivity contribution is -0.697. The van der Waals surface area contributed by atoms with Crippen LogP contribution in [0.3, 0.4) is 0 Å². The minimum Gasteiger partial charge on any atom is -0.494 e. The number of carbonyl (C=O) groups excluding carboxylic acids is 4. The number of ether oxygens (including phenoxy) is 6. The van der Waals surface area contributed by atoms with E-state index in [2.05, 4.69) is 6.92 Å². The Kier molecular flexibility index (Phi) is 16.5. The molecule has 0 saturated heterocycles. The Morgan fingerprint density at radius 3 is 1.47 bits per heavy atom. The molecule has 0 aliphatic rings. The van der Waals surface area contributed by atoms with E-state index in [0.29, 0.717) is 31.3 Å². The van der Waals surface area contributed by atoms with E-state index in [1.54, 1.807) is 50.2 Å². The summed E-state index contributed by atoms with van der Waals surface area (Å²) in [6, 6.07) is 19.0. The summed E-state index contributed by atoms with van der Waals surface area (Å²) < 4.78 is 35.4. The van der Waals surface area contributed by atoms with Gasteiger partial charge in [-0.05, 0) is 68.8 Å². The van der Waals surface area contributed by atoms with Gasteiger partial charge in [0.1, 0.15) is 40.7 Å². The quantitative estimate of drug-likeness (QED) is 0.0360. The van der Waals surface area contributed by atoms with Crippen LogP contribution in [-0.4, -0.2) is 64.4 Å². The summed E-state index contributed by atoms with van der Waals surface area (Å²) >= 11 is 0. The zero-order valence-corrected chi connectivity index (χ0v) is 32.3. The summed E-state index contributed by atoms with van der Waals surface area (Å²) in [6.07, 6.45) is 10.8. The van der Waals surface area contributed by atoms with E-state index in [0.717, 1.165) is 30.7 Å². The highest BCUT2D eigenvalue weighted by atomic mass is 16.6. The van der Waals surface area contributed by atoms with Gasteiger partial charge in [0.25, 0.3) is 0 Å². The fourth-order valence-electron chi connectivity index (χ4n) is 5.40. The summed E-state index contributed by atoms with van der Waals surface area (Å²) in [4.78, 5) is 54.8. The molecule has 0 atom stereocenters. The zero-order chi connectivity index (χ0) is 39.6. The van der Waals surface area contributed by atoms with Gasteiger partial charge in [-0.25, -0.2) is 23.7 Å². The number of benzene rings is 3. The van der Waals surface area contributed by atoms with E-state index in [4.69, 9.17) is 28.4 Å². The van der Waals surface area contributed by atoms with Crippen LogP contribution in [0.2, 0.25) is 0 Å². The lowest BCUT2D eigenvalue weighted by Crippen LogP contribution is -2.35. The molecule has 12 nitrogen and oxygen atoms in total. The maximum Gasteiger partial charge on any atom is 0.343 e. The molecule has 1 heterocycles. The molecular formula is C43H51N2O10+. The number of rotatable bonds is 21. The minimum atomic E-state index is -0.858. The predicted molar refractivity (Wildman–Crippen MR) is 206 cm³/mol. The van der Waals surface area contributed by atoms with Gasteiger partial charge in [-0.15, -0.1) is 0 Å². The second-order valence-electron chi connectivity index (χ2n) is 12.8. The van der Waals surface area contributed by atoms with Crippen LogP contribution in [0, 0.1) is 0 Å². The highest BCUT2D eigenvalue weighted by Gasteiger charge is 2.27. The van der Waals surface area contributed by atoms with Crippen molar-refractivity contribution in [1.29, 1.82) is 0 Å². The third-order valence-electron chi connectivity index (χ3n) is 8.43. The number of hydrogen-bond donors (Lipinski definition) is 0. The number of anilines is 1. The Labute approximate surface area is 322 Å². The Bertz CT molecular complexity index is 1860. The second-order valence-corrected chi connectivity index (χ2v) is 12.8. The molecule has 1 aromatic heterocycles. The van der Waals surface area contributed by atoms with E-state index >= 15 is 0 Å². The van der Waals surface area contributed by atoms with E-state index in [9.17, 15) is 19.2 Å². The molecule has 4 rings (SSSR count). The fraction of sp³-hybridized carbons (Fsp3) is 0.372. The first-order valence-electron chi connectivity index (χ1n) is 18.7. The lowest BCUT2D eigenvalue weighted by atomic mass is 10.1. The summed E-state index contributed by atoms with van der Waals surface area (Å²) in [5.74, 6) is -2.73. The van der Waals surface area contributed by atoms with Crippen LogP contribution in [0.5, 0.6) is 23.0 Å².